The molecule has 2 aromatic rings. The molecular formula is C21H26N6O3. The van der Waals surface area contributed by atoms with Gasteiger partial charge >= 0.3 is 0 Å². The second-order valence-corrected chi connectivity index (χ2v) is 7.27. The van der Waals surface area contributed by atoms with E-state index in [1.165, 1.54) is 0 Å². The van der Waals surface area contributed by atoms with Crippen molar-refractivity contribution in [2.75, 3.05) is 68.8 Å². The van der Waals surface area contributed by atoms with E-state index in [0.717, 1.165) is 24.7 Å². The highest BCUT2D eigenvalue weighted by molar-refractivity contribution is 5.96. The number of hydrogen-bond donors (Lipinski definition) is 1. The molecule has 1 aromatic heterocycles. The zero-order chi connectivity index (χ0) is 20.8. The van der Waals surface area contributed by atoms with Crippen LogP contribution < -0.4 is 15.1 Å². The second-order valence-electron chi connectivity index (χ2n) is 7.27. The highest BCUT2D eigenvalue weighted by Gasteiger charge is 2.23. The number of morpholine rings is 1. The Morgan fingerprint density at radius 3 is 2.03 bits per heavy atom. The van der Waals surface area contributed by atoms with Crippen LogP contribution in [0.25, 0.3) is 0 Å². The number of hydrogen-bond acceptors (Lipinski definition) is 7. The summed E-state index contributed by atoms with van der Waals surface area (Å²) >= 11 is 0. The number of ether oxygens (including phenoxy) is 1. The van der Waals surface area contributed by atoms with E-state index in [-0.39, 0.29) is 18.4 Å². The molecule has 0 saturated carbocycles. The number of carbonyl (C=O) groups excluding carboxylic acids is 2. The van der Waals surface area contributed by atoms with Gasteiger partial charge in [0.1, 0.15) is 0 Å². The van der Waals surface area contributed by atoms with Crippen molar-refractivity contribution in [2.45, 2.75) is 0 Å². The first-order chi connectivity index (χ1) is 14.7. The Kier molecular flexibility index (Phi) is 6.38. The van der Waals surface area contributed by atoms with Crippen LogP contribution in [0.3, 0.4) is 0 Å². The van der Waals surface area contributed by atoms with Gasteiger partial charge in [-0.25, -0.2) is 0 Å². The molecule has 3 heterocycles. The molecule has 0 spiro atoms. The number of rotatable bonds is 5. The Balaban J connectivity index is 1.24. The molecule has 158 valence electrons. The molecule has 0 unspecified atom stereocenters. The summed E-state index contributed by atoms with van der Waals surface area (Å²) < 4.78 is 5.37. The quantitative estimate of drug-likeness (QED) is 0.763. The molecule has 0 radical (unpaired) electrons. The third-order valence-corrected chi connectivity index (χ3v) is 5.36. The fourth-order valence-corrected chi connectivity index (χ4v) is 3.59. The molecule has 1 N–H and O–H groups in total. The van der Waals surface area contributed by atoms with Crippen LogP contribution in [0.4, 0.5) is 11.6 Å². The van der Waals surface area contributed by atoms with Crippen LogP contribution in [0.2, 0.25) is 0 Å². The van der Waals surface area contributed by atoms with Crippen LogP contribution in [0.1, 0.15) is 10.4 Å². The number of anilines is 2. The molecular weight excluding hydrogens is 384 g/mol. The number of benzene rings is 1. The van der Waals surface area contributed by atoms with E-state index in [4.69, 9.17) is 4.74 Å². The average Bonchev–Trinajstić information content (AvgIpc) is 2.83. The van der Waals surface area contributed by atoms with Gasteiger partial charge in [0.2, 0.25) is 5.91 Å². The first-order valence-corrected chi connectivity index (χ1v) is 10.2. The molecule has 2 saturated heterocycles. The summed E-state index contributed by atoms with van der Waals surface area (Å²) in [5.41, 5.74) is 0.550. The van der Waals surface area contributed by atoms with Crippen molar-refractivity contribution in [2.24, 2.45) is 0 Å². The Morgan fingerprint density at radius 2 is 1.43 bits per heavy atom. The number of amides is 2. The maximum atomic E-state index is 12.4. The normalized spacial score (nSPS) is 17.0. The van der Waals surface area contributed by atoms with E-state index in [2.05, 4.69) is 25.3 Å². The lowest BCUT2D eigenvalue weighted by atomic mass is 10.2. The van der Waals surface area contributed by atoms with Crippen LogP contribution >= 0.6 is 0 Å². The molecule has 4 rings (SSSR count). The maximum Gasteiger partial charge on any atom is 0.251 e. The minimum absolute atomic E-state index is 0.00177. The molecule has 1 aromatic carbocycles. The highest BCUT2D eigenvalue weighted by Crippen LogP contribution is 2.17. The zero-order valence-electron chi connectivity index (χ0n) is 16.9. The zero-order valence-corrected chi connectivity index (χ0v) is 16.9. The molecule has 2 fully saturated rings. The van der Waals surface area contributed by atoms with Gasteiger partial charge in [-0.1, -0.05) is 18.2 Å². The van der Waals surface area contributed by atoms with Crippen molar-refractivity contribution < 1.29 is 14.3 Å². The van der Waals surface area contributed by atoms with Gasteiger partial charge in [0.05, 0.1) is 19.8 Å². The van der Waals surface area contributed by atoms with Crippen LogP contribution in [0.15, 0.2) is 42.5 Å². The first-order valence-electron chi connectivity index (χ1n) is 10.2. The van der Waals surface area contributed by atoms with Crippen LogP contribution in [-0.4, -0.2) is 85.9 Å². The van der Waals surface area contributed by atoms with Crippen LogP contribution in [-0.2, 0) is 9.53 Å². The van der Waals surface area contributed by atoms with E-state index in [1.54, 1.807) is 29.2 Å². The van der Waals surface area contributed by atoms with Crippen molar-refractivity contribution >= 4 is 23.5 Å². The number of aromatic nitrogens is 2. The fraction of sp³-hybridized carbons (Fsp3) is 0.429. The summed E-state index contributed by atoms with van der Waals surface area (Å²) in [5.74, 6) is 1.37. The van der Waals surface area contributed by atoms with Gasteiger partial charge in [-0.3, -0.25) is 9.59 Å². The van der Waals surface area contributed by atoms with Crippen LogP contribution in [0.5, 0.6) is 0 Å². The molecule has 0 atom stereocenters. The minimum atomic E-state index is -0.238. The summed E-state index contributed by atoms with van der Waals surface area (Å²) in [6.07, 6.45) is 0. The largest absolute Gasteiger partial charge is 0.378 e. The van der Waals surface area contributed by atoms with Crippen molar-refractivity contribution in [1.29, 1.82) is 0 Å². The lowest BCUT2D eigenvalue weighted by Gasteiger charge is -2.35. The van der Waals surface area contributed by atoms with Crippen molar-refractivity contribution in [3.8, 4) is 0 Å². The lowest BCUT2D eigenvalue weighted by molar-refractivity contribution is -0.130. The van der Waals surface area contributed by atoms with E-state index in [1.807, 2.05) is 18.2 Å². The van der Waals surface area contributed by atoms with E-state index in [0.29, 0.717) is 45.0 Å². The van der Waals surface area contributed by atoms with Gasteiger partial charge in [0.25, 0.3) is 5.91 Å². The molecule has 2 amide bonds. The standard InChI is InChI=1S/C21H26N6O3/c28-20(16-22-21(29)17-4-2-1-3-5-17)27-10-8-25(9-11-27)18-6-7-19(24-23-18)26-12-14-30-15-13-26/h1-7H,8-16H2,(H,22,29). The first kappa shape index (κ1) is 20.1. The summed E-state index contributed by atoms with van der Waals surface area (Å²) in [4.78, 5) is 30.6. The van der Waals surface area contributed by atoms with Gasteiger partial charge in [0.15, 0.2) is 11.6 Å². The maximum absolute atomic E-state index is 12.4. The van der Waals surface area contributed by atoms with Crippen molar-refractivity contribution in [3.63, 3.8) is 0 Å². The Labute approximate surface area is 175 Å². The number of nitrogens with zero attached hydrogens (tertiary/aromatic N) is 5. The summed E-state index contributed by atoms with van der Waals surface area (Å²) in [5, 5.41) is 11.4. The third kappa shape index (κ3) is 4.85. The molecule has 0 bridgehead atoms. The van der Waals surface area contributed by atoms with Gasteiger partial charge in [0, 0.05) is 44.8 Å². The molecule has 30 heavy (non-hydrogen) atoms. The summed E-state index contributed by atoms with van der Waals surface area (Å²) in [6, 6.07) is 12.9. The average molecular weight is 410 g/mol. The second kappa shape index (κ2) is 9.53. The number of nitrogens with one attached hydrogen (secondary N) is 1. The Bertz CT molecular complexity index is 847. The molecule has 9 nitrogen and oxygen atoms in total. The molecule has 2 aliphatic rings. The number of carbonyl (C=O) groups is 2. The topological polar surface area (TPSA) is 90.9 Å². The Hall–Kier alpha value is -3.20. The van der Waals surface area contributed by atoms with E-state index < -0.39 is 0 Å². The van der Waals surface area contributed by atoms with Crippen molar-refractivity contribution in [3.05, 3.63) is 48.0 Å². The molecule has 0 aliphatic carbocycles. The highest BCUT2D eigenvalue weighted by atomic mass is 16.5. The summed E-state index contributed by atoms with van der Waals surface area (Å²) in [7, 11) is 0. The smallest absolute Gasteiger partial charge is 0.251 e. The summed E-state index contributed by atoms with van der Waals surface area (Å²) in [6.45, 7) is 5.64. The van der Waals surface area contributed by atoms with Gasteiger partial charge in [-0.15, -0.1) is 10.2 Å². The predicted molar refractivity (Wildman–Crippen MR) is 113 cm³/mol. The van der Waals surface area contributed by atoms with E-state index in [9.17, 15) is 9.59 Å². The SMILES string of the molecule is O=C(NCC(=O)N1CCN(c2ccc(N3CCOCC3)nn2)CC1)c1ccccc1. The molecule has 9 heteroatoms. The van der Waals surface area contributed by atoms with Gasteiger partial charge < -0.3 is 24.8 Å². The van der Waals surface area contributed by atoms with Crippen LogP contribution in [0, 0.1) is 0 Å². The Morgan fingerprint density at radius 1 is 0.833 bits per heavy atom. The van der Waals surface area contributed by atoms with Gasteiger partial charge in [-0.05, 0) is 24.3 Å². The monoisotopic (exact) mass is 410 g/mol. The number of piperazine rings is 1. The van der Waals surface area contributed by atoms with E-state index >= 15 is 0 Å². The molecule has 2 aliphatic heterocycles. The predicted octanol–water partition coefficient (Wildman–Crippen LogP) is 0.392. The van der Waals surface area contributed by atoms with Gasteiger partial charge in [-0.2, -0.15) is 0 Å². The minimum Gasteiger partial charge on any atom is -0.378 e. The fourth-order valence-electron chi connectivity index (χ4n) is 3.59. The third-order valence-electron chi connectivity index (χ3n) is 5.36. The lowest BCUT2D eigenvalue weighted by Crippen LogP contribution is -2.51. The van der Waals surface area contributed by atoms with Crippen molar-refractivity contribution in [1.82, 2.24) is 20.4 Å².